The van der Waals surface area contributed by atoms with Crippen molar-refractivity contribution in [1.82, 2.24) is 9.72 Å². The van der Waals surface area contributed by atoms with Gasteiger partial charge in [0, 0.05) is 23.2 Å². The molecule has 0 atom stereocenters. The van der Waals surface area contributed by atoms with Gasteiger partial charge in [-0.05, 0) is 26.8 Å². The van der Waals surface area contributed by atoms with E-state index in [0.717, 1.165) is 16.5 Å². The molecule has 0 bridgehead atoms. The summed E-state index contributed by atoms with van der Waals surface area (Å²) in [5.74, 6) is 0.827. The van der Waals surface area contributed by atoms with Gasteiger partial charge in [0.1, 0.15) is 11.3 Å². The first-order chi connectivity index (χ1) is 10.9. The molecule has 0 aliphatic rings. The van der Waals surface area contributed by atoms with E-state index in [1.54, 1.807) is 12.3 Å². The molecule has 5 nitrogen and oxygen atoms in total. The maximum Gasteiger partial charge on any atom is 0.419 e. The minimum Gasteiger partial charge on any atom is -0.443 e. The number of ether oxygens (including phenoxy) is 1. The first kappa shape index (κ1) is 15.6. The molecule has 0 aliphatic carbocycles. The molecule has 0 unspecified atom stereocenters. The van der Waals surface area contributed by atoms with E-state index in [0.29, 0.717) is 11.5 Å². The number of para-hydroxylation sites is 1. The van der Waals surface area contributed by atoms with E-state index in [-0.39, 0.29) is 5.88 Å². The highest BCUT2D eigenvalue weighted by Gasteiger charge is 2.22. The van der Waals surface area contributed by atoms with Crippen LogP contribution in [0.25, 0.3) is 22.2 Å². The van der Waals surface area contributed by atoms with Crippen LogP contribution in [0, 0.1) is 0 Å². The Balaban J connectivity index is 2.12. The molecule has 2 heterocycles. The van der Waals surface area contributed by atoms with Crippen molar-refractivity contribution < 1.29 is 14.1 Å². The number of aromatic nitrogens is 2. The van der Waals surface area contributed by atoms with Crippen molar-refractivity contribution >= 4 is 28.6 Å². The number of hydrogen-bond acceptors (Lipinski definition) is 4. The Morgan fingerprint density at radius 1 is 1.35 bits per heavy atom. The molecule has 6 heteroatoms. The molecule has 0 N–H and O–H groups in total. The lowest BCUT2D eigenvalue weighted by Crippen LogP contribution is -2.26. The van der Waals surface area contributed by atoms with Crippen molar-refractivity contribution in [3.05, 3.63) is 42.3 Å². The smallest absolute Gasteiger partial charge is 0.419 e. The summed E-state index contributed by atoms with van der Waals surface area (Å²) in [5.41, 5.74) is 1.63. The van der Waals surface area contributed by atoms with E-state index in [9.17, 15) is 4.79 Å². The van der Waals surface area contributed by atoms with Crippen LogP contribution >= 0.6 is 11.6 Å². The Hall–Kier alpha value is -2.27. The van der Waals surface area contributed by atoms with Crippen molar-refractivity contribution in [3.8, 4) is 11.3 Å². The molecule has 0 spiro atoms. The number of halogens is 1. The minimum atomic E-state index is -0.567. The summed E-state index contributed by atoms with van der Waals surface area (Å²) >= 11 is 5.76. The molecule has 3 rings (SSSR count). The van der Waals surface area contributed by atoms with Gasteiger partial charge in [-0.25, -0.2) is 4.79 Å². The SMILES string of the molecule is CC(C)(C)OC(=O)n1cc(-c2cc(CCl)on2)c2ccccc21. The fourth-order valence-electron chi connectivity index (χ4n) is 2.35. The molecule has 0 saturated carbocycles. The monoisotopic (exact) mass is 332 g/mol. The molecule has 0 radical (unpaired) electrons. The molecule has 1 aromatic carbocycles. The van der Waals surface area contributed by atoms with E-state index in [1.165, 1.54) is 4.57 Å². The molecular weight excluding hydrogens is 316 g/mol. The Morgan fingerprint density at radius 3 is 2.74 bits per heavy atom. The average molecular weight is 333 g/mol. The maximum absolute atomic E-state index is 12.5. The van der Waals surface area contributed by atoms with Gasteiger partial charge in [0.05, 0.1) is 11.4 Å². The highest BCUT2D eigenvalue weighted by Crippen LogP contribution is 2.31. The van der Waals surface area contributed by atoms with Crippen LogP contribution in [0.3, 0.4) is 0 Å². The molecule has 2 aromatic heterocycles. The average Bonchev–Trinajstić information content (AvgIpc) is 3.09. The first-order valence-corrected chi connectivity index (χ1v) is 7.78. The van der Waals surface area contributed by atoms with Crippen molar-refractivity contribution in [2.45, 2.75) is 32.3 Å². The molecular formula is C17H17ClN2O3. The number of alkyl halides is 1. The second-order valence-corrected chi connectivity index (χ2v) is 6.49. The van der Waals surface area contributed by atoms with Crippen LogP contribution < -0.4 is 0 Å². The van der Waals surface area contributed by atoms with Crippen LogP contribution in [-0.2, 0) is 10.6 Å². The first-order valence-electron chi connectivity index (χ1n) is 7.24. The van der Waals surface area contributed by atoms with Crippen LogP contribution in [-0.4, -0.2) is 21.4 Å². The van der Waals surface area contributed by atoms with Gasteiger partial charge in [0.15, 0.2) is 5.76 Å². The second kappa shape index (κ2) is 5.74. The third-order valence-corrected chi connectivity index (χ3v) is 3.53. The zero-order chi connectivity index (χ0) is 16.6. The number of carbonyl (C=O) groups excluding carboxylic acids is 1. The summed E-state index contributed by atoms with van der Waals surface area (Å²) in [6.07, 6.45) is 1.29. The zero-order valence-corrected chi connectivity index (χ0v) is 13.9. The van der Waals surface area contributed by atoms with Gasteiger partial charge < -0.3 is 9.26 Å². The highest BCUT2D eigenvalue weighted by atomic mass is 35.5. The lowest BCUT2D eigenvalue weighted by atomic mass is 10.1. The quantitative estimate of drug-likeness (QED) is 0.631. The zero-order valence-electron chi connectivity index (χ0n) is 13.2. The highest BCUT2D eigenvalue weighted by molar-refractivity contribution is 6.16. The predicted molar refractivity (Wildman–Crippen MR) is 88.6 cm³/mol. The van der Waals surface area contributed by atoms with Crippen LogP contribution in [0.5, 0.6) is 0 Å². The second-order valence-electron chi connectivity index (χ2n) is 6.22. The summed E-state index contributed by atoms with van der Waals surface area (Å²) < 4.78 is 12.1. The largest absolute Gasteiger partial charge is 0.443 e. The molecule has 0 amide bonds. The number of fused-ring (bicyclic) bond motifs is 1. The summed E-state index contributed by atoms with van der Waals surface area (Å²) in [6.45, 7) is 5.51. The third-order valence-electron chi connectivity index (χ3n) is 3.27. The predicted octanol–water partition coefficient (Wildman–Crippen LogP) is 4.82. The van der Waals surface area contributed by atoms with Crippen molar-refractivity contribution in [2.24, 2.45) is 0 Å². The van der Waals surface area contributed by atoms with Gasteiger partial charge in [-0.15, -0.1) is 11.6 Å². The number of hydrogen-bond donors (Lipinski definition) is 0. The molecule has 3 aromatic rings. The van der Waals surface area contributed by atoms with Gasteiger partial charge in [-0.2, -0.15) is 0 Å². The van der Waals surface area contributed by atoms with E-state index in [4.69, 9.17) is 20.9 Å². The van der Waals surface area contributed by atoms with Crippen molar-refractivity contribution in [2.75, 3.05) is 0 Å². The van der Waals surface area contributed by atoms with E-state index >= 15 is 0 Å². The fourth-order valence-corrected chi connectivity index (χ4v) is 2.47. The van der Waals surface area contributed by atoms with Gasteiger partial charge in [0.25, 0.3) is 0 Å². The molecule has 0 aliphatic heterocycles. The van der Waals surface area contributed by atoms with E-state index in [2.05, 4.69) is 5.16 Å². The van der Waals surface area contributed by atoms with Crippen LogP contribution in [0.15, 0.2) is 41.1 Å². The number of carbonyl (C=O) groups is 1. The lowest BCUT2D eigenvalue weighted by Gasteiger charge is -2.19. The number of benzene rings is 1. The van der Waals surface area contributed by atoms with Crippen LogP contribution in [0.2, 0.25) is 0 Å². The van der Waals surface area contributed by atoms with Gasteiger partial charge in [-0.1, -0.05) is 23.4 Å². The Bertz CT molecular complexity index is 858. The Kier molecular flexibility index (Phi) is 3.90. The lowest BCUT2D eigenvalue weighted by molar-refractivity contribution is 0.0544. The summed E-state index contributed by atoms with van der Waals surface area (Å²) in [4.78, 5) is 12.5. The topological polar surface area (TPSA) is 57.3 Å². The van der Waals surface area contributed by atoms with Crippen LogP contribution in [0.4, 0.5) is 4.79 Å². The van der Waals surface area contributed by atoms with Crippen molar-refractivity contribution in [3.63, 3.8) is 0 Å². The molecule has 120 valence electrons. The molecule has 0 fully saturated rings. The molecule has 23 heavy (non-hydrogen) atoms. The Morgan fingerprint density at radius 2 is 2.09 bits per heavy atom. The summed E-state index contributed by atoms with van der Waals surface area (Å²) in [5, 5.41) is 4.93. The minimum absolute atomic E-state index is 0.248. The standard InChI is InChI=1S/C17H17ClN2O3/c1-17(2,3)22-16(21)20-10-13(12-6-4-5-7-15(12)20)14-8-11(9-18)23-19-14/h4-8,10H,9H2,1-3H3. The van der Waals surface area contributed by atoms with Gasteiger partial charge >= 0.3 is 6.09 Å². The molecule has 0 saturated heterocycles. The normalized spacial score (nSPS) is 11.8. The number of rotatable bonds is 2. The Labute approximate surface area is 138 Å². The van der Waals surface area contributed by atoms with Gasteiger partial charge in [-0.3, -0.25) is 4.57 Å². The summed E-state index contributed by atoms with van der Waals surface area (Å²) in [6, 6.07) is 9.36. The third kappa shape index (κ3) is 3.10. The number of nitrogens with zero attached hydrogens (tertiary/aromatic N) is 2. The maximum atomic E-state index is 12.5. The van der Waals surface area contributed by atoms with E-state index < -0.39 is 11.7 Å². The summed E-state index contributed by atoms with van der Waals surface area (Å²) in [7, 11) is 0. The fraction of sp³-hybridized carbons (Fsp3) is 0.294. The van der Waals surface area contributed by atoms with Crippen LogP contribution in [0.1, 0.15) is 26.5 Å². The van der Waals surface area contributed by atoms with Crippen molar-refractivity contribution in [1.29, 1.82) is 0 Å². The van der Waals surface area contributed by atoms with Gasteiger partial charge in [0.2, 0.25) is 0 Å². The van der Waals surface area contributed by atoms with E-state index in [1.807, 2.05) is 45.0 Å².